The maximum absolute atomic E-state index is 12.5. The molecular weight excluding hydrogens is 372 g/mol. The average molecular weight is 389 g/mol. The van der Waals surface area contributed by atoms with Gasteiger partial charge in [-0.15, -0.1) is 0 Å². The number of nitrogens with zero attached hydrogens (tertiary/aromatic N) is 1. The number of nitrogens with one attached hydrogen (secondary N) is 1. The smallest absolute Gasteiger partial charge is 0.233 e. The lowest BCUT2D eigenvalue weighted by atomic mass is 9.85. The molecule has 6 heteroatoms. The number of benzene rings is 1. The fourth-order valence-corrected chi connectivity index (χ4v) is 4.42. The highest BCUT2D eigenvalue weighted by atomic mass is 79.9. The predicted molar refractivity (Wildman–Crippen MR) is 91.8 cm³/mol. The van der Waals surface area contributed by atoms with E-state index in [9.17, 15) is 14.4 Å². The number of allylic oxidation sites excluding steroid dienone is 2. The van der Waals surface area contributed by atoms with Crippen LogP contribution >= 0.6 is 15.9 Å². The zero-order valence-electron chi connectivity index (χ0n) is 12.9. The van der Waals surface area contributed by atoms with Gasteiger partial charge in [-0.05, 0) is 42.5 Å². The monoisotopic (exact) mass is 388 g/mol. The molecule has 3 aliphatic rings. The van der Waals surface area contributed by atoms with Crippen molar-refractivity contribution in [1.29, 1.82) is 0 Å². The molecule has 1 saturated carbocycles. The summed E-state index contributed by atoms with van der Waals surface area (Å²) < 4.78 is 0.934. The fraction of sp³-hybridized carbons (Fsp3) is 0.389. The summed E-state index contributed by atoms with van der Waals surface area (Å²) in [6.45, 7) is 0.159. The van der Waals surface area contributed by atoms with Gasteiger partial charge in [0.25, 0.3) is 0 Å². The van der Waals surface area contributed by atoms with Gasteiger partial charge in [-0.3, -0.25) is 19.3 Å². The van der Waals surface area contributed by atoms with E-state index in [1.54, 1.807) is 12.1 Å². The summed E-state index contributed by atoms with van der Waals surface area (Å²) in [5, 5.41) is 2.78. The molecule has 1 aliphatic heterocycles. The van der Waals surface area contributed by atoms with Crippen LogP contribution in [0.3, 0.4) is 0 Å². The van der Waals surface area contributed by atoms with Crippen molar-refractivity contribution in [3.05, 3.63) is 40.9 Å². The van der Waals surface area contributed by atoms with Crippen LogP contribution in [0.2, 0.25) is 0 Å². The normalized spacial score (nSPS) is 30.1. The first-order valence-electron chi connectivity index (χ1n) is 8.13. The van der Waals surface area contributed by atoms with Crippen molar-refractivity contribution in [3.63, 3.8) is 0 Å². The van der Waals surface area contributed by atoms with Gasteiger partial charge in [-0.2, -0.15) is 0 Å². The molecule has 124 valence electrons. The summed E-state index contributed by atoms with van der Waals surface area (Å²) in [4.78, 5) is 38.4. The second-order valence-electron chi connectivity index (χ2n) is 6.63. The number of rotatable bonds is 4. The van der Waals surface area contributed by atoms with Crippen LogP contribution in [0.1, 0.15) is 12.8 Å². The van der Waals surface area contributed by atoms with Crippen LogP contribution < -0.4 is 5.32 Å². The Morgan fingerprint density at radius 1 is 1.08 bits per heavy atom. The Balaban J connectivity index is 1.36. The van der Waals surface area contributed by atoms with Crippen molar-refractivity contribution >= 4 is 39.3 Å². The summed E-state index contributed by atoms with van der Waals surface area (Å²) >= 11 is 3.34. The summed E-state index contributed by atoms with van der Waals surface area (Å²) in [5.41, 5.74) is 0.696. The minimum Gasteiger partial charge on any atom is -0.326 e. The highest BCUT2D eigenvalue weighted by molar-refractivity contribution is 9.10. The van der Waals surface area contributed by atoms with Gasteiger partial charge < -0.3 is 5.32 Å². The molecule has 1 saturated heterocycles. The molecule has 3 amide bonds. The zero-order valence-corrected chi connectivity index (χ0v) is 14.5. The molecule has 1 aromatic carbocycles. The number of amides is 3. The van der Waals surface area contributed by atoms with Gasteiger partial charge in [-0.25, -0.2) is 0 Å². The molecule has 1 aromatic rings. The highest BCUT2D eigenvalue weighted by Crippen LogP contribution is 2.52. The largest absolute Gasteiger partial charge is 0.326 e. The Bertz CT molecular complexity index is 713. The van der Waals surface area contributed by atoms with E-state index in [-0.39, 0.29) is 54.4 Å². The molecule has 0 radical (unpaired) electrons. The van der Waals surface area contributed by atoms with Crippen LogP contribution in [0.25, 0.3) is 0 Å². The van der Waals surface area contributed by atoms with Crippen molar-refractivity contribution in [1.82, 2.24) is 4.90 Å². The molecule has 4 rings (SSSR count). The average Bonchev–Trinajstić information content (AvgIpc) is 3.23. The number of anilines is 1. The van der Waals surface area contributed by atoms with Crippen molar-refractivity contribution in [2.75, 3.05) is 11.9 Å². The van der Waals surface area contributed by atoms with Gasteiger partial charge in [0.15, 0.2) is 0 Å². The lowest BCUT2D eigenvalue weighted by Gasteiger charge is -2.16. The van der Waals surface area contributed by atoms with E-state index in [0.29, 0.717) is 5.69 Å². The van der Waals surface area contributed by atoms with Crippen molar-refractivity contribution in [2.45, 2.75) is 12.8 Å². The molecule has 0 spiro atoms. The number of halogens is 1. The zero-order chi connectivity index (χ0) is 16.8. The number of likely N-dealkylation sites (tertiary alicyclic amines) is 1. The van der Waals surface area contributed by atoms with Crippen LogP contribution in [0, 0.1) is 23.7 Å². The lowest BCUT2D eigenvalue weighted by Crippen LogP contribution is -2.35. The number of imide groups is 1. The first kappa shape index (κ1) is 15.6. The van der Waals surface area contributed by atoms with E-state index < -0.39 is 0 Å². The molecule has 0 aromatic heterocycles. The minimum absolute atomic E-state index is 0.0988. The van der Waals surface area contributed by atoms with Crippen LogP contribution in [0.5, 0.6) is 0 Å². The maximum atomic E-state index is 12.5. The molecule has 24 heavy (non-hydrogen) atoms. The van der Waals surface area contributed by atoms with Crippen LogP contribution in [0.15, 0.2) is 40.9 Å². The minimum atomic E-state index is -0.198. The third-order valence-corrected chi connectivity index (χ3v) is 5.78. The molecule has 4 atom stereocenters. The Kier molecular flexibility index (Phi) is 3.79. The third-order valence-electron chi connectivity index (χ3n) is 5.25. The van der Waals surface area contributed by atoms with E-state index in [1.165, 1.54) is 4.90 Å². The Hall–Kier alpha value is -1.95. The SMILES string of the molecule is O=C(CCN1C(=O)C2C3C=CC(C3)C2C1=O)Nc1ccc(Br)cc1. The topological polar surface area (TPSA) is 66.5 Å². The predicted octanol–water partition coefficient (Wildman–Crippen LogP) is 2.58. The fourth-order valence-electron chi connectivity index (χ4n) is 4.15. The Morgan fingerprint density at radius 2 is 1.67 bits per heavy atom. The van der Waals surface area contributed by atoms with E-state index in [2.05, 4.69) is 33.4 Å². The summed E-state index contributed by atoms with van der Waals surface area (Å²) in [6.07, 6.45) is 5.18. The van der Waals surface area contributed by atoms with E-state index in [4.69, 9.17) is 0 Å². The highest BCUT2D eigenvalue weighted by Gasteiger charge is 2.58. The number of fused-ring (bicyclic) bond motifs is 5. The number of carbonyl (C=O) groups excluding carboxylic acids is 3. The molecule has 5 nitrogen and oxygen atoms in total. The van der Waals surface area contributed by atoms with Crippen molar-refractivity contribution in [3.8, 4) is 0 Å². The molecule has 1 N–H and O–H groups in total. The standard InChI is InChI=1S/C18H17BrN2O3/c19-12-3-5-13(6-4-12)20-14(22)7-8-21-17(23)15-10-1-2-11(9-10)16(15)18(21)24/h1-6,10-11,15-16H,7-9H2,(H,20,22). The molecule has 2 bridgehead atoms. The van der Waals surface area contributed by atoms with Gasteiger partial charge in [0, 0.05) is 23.1 Å². The van der Waals surface area contributed by atoms with Crippen LogP contribution in [-0.4, -0.2) is 29.2 Å². The maximum Gasteiger partial charge on any atom is 0.233 e. The van der Waals surface area contributed by atoms with Gasteiger partial charge in [-0.1, -0.05) is 28.1 Å². The molecule has 2 fully saturated rings. The summed E-state index contributed by atoms with van der Waals surface area (Å²) in [7, 11) is 0. The quantitative estimate of drug-likeness (QED) is 0.636. The van der Waals surface area contributed by atoms with Crippen LogP contribution in [0.4, 0.5) is 5.69 Å². The van der Waals surface area contributed by atoms with Crippen molar-refractivity contribution < 1.29 is 14.4 Å². The van der Waals surface area contributed by atoms with E-state index >= 15 is 0 Å². The number of hydrogen-bond acceptors (Lipinski definition) is 3. The first-order chi connectivity index (χ1) is 11.5. The van der Waals surface area contributed by atoms with E-state index in [0.717, 1.165) is 10.9 Å². The summed E-state index contributed by atoms with van der Waals surface area (Å²) in [5.74, 6) is -0.368. The number of hydrogen-bond donors (Lipinski definition) is 1. The number of carbonyl (C=O) groups is 3. The molecule has 4 unspecified atom stereocenters. The first-order valence-corrected chi connectivity index (χ1v) is 8.93. The van der Waals surface area contributed by atoms with Gasteiger partial charge >= 0.3 is 0 Å². The summed E-state index contributed by atoms with van der Waals surface area (Å²) in [6, 6.07) is 7.27. The van der Waals surface area contributed by atoms with Gasteiger partial charge in [0.1, 0.15) is 0 Å². The van der Waals surface area contributed by atoms with Gasteiger partial charge in [0.05, 0.1) is 11.8 Å². The molecule has 1 heterocycles. The second kappa shape index (κ2) is 5.84. The van der Waals surface area contributed by atoms with Crippen molar-refractivity contribution in [2.24, 2.45) is 23.7 Å². The second-order valence-corrected chi connectivity index (χ2v) is 7.55. The third kappa shape index (κ3) is 2.49. The van der Waals surface area contributed by atoms with E-state index in [1.807, 2.05) is 12.1 Å². The Labute approximate surface area is 148 Å². The van der Waals surface area contributed by atoms with Crippen LogP contribution in [-0.2, 0) is 14.4 Å². The Morgan fingerprint density at radius 3 is 2.25 bits per heavy atom. The van der Waals surface area contributed by atoms with Gasteiger partial charge in [0.2, 0.25) is 17.7 Å². The molecule has 2 aliphatic carbocycles. The molecular formula is C18H17BrN2O3. The lowest BCUT2D eigenvalue weighted by molar-refractivity contribution is -0.140.